The molecule has 2 aromatic carbocycles. The van der Waals surface area contributed by atoms with Crippen molar-refractivity contribution in [1.29, 1.82) is 0 Å². The van der Waals surface area contributed by atoms with Gasteiger partial charge in [0.15, 0.2) is 31.0 Å². The van der Waals surface area contributed by atoms with Crippen LogP contribution in [-0.4, -0.2) is 126 Å². The van der Waals surface area contributed by atoms with Crippen LogP contribution >= 0.6 is 10.7 Å². The predicted molar refractivity (Wildman–Crippen MR) is 259 cm³/mol. The number of ether oxygens (including phenoxy) is 2. The summed E-state index contributed by atoms with van der Waals surface area (Å²) < 4.78 is 140. The van der Waals surface area contributed by atoms with Crippen molar-refractivity contribution in [3.63, 3.8) is 0 Å². The predicted octanol–water partition coefficient (Wildman–Crippen LogP) is 6.17. The highest BCUT2D eigenvalue weighted by atomic mass is 35.7. The summed E-state index contributed by atoms with van der Waals surface area (Å²) in [5, 5.41) is 4.46. The van der Waals surface area contributed by atoms with Crippen LogP contribution in [0.25, 0.3) is 33.4 Å². The summed E-state index contributed by atoms with van der Waals surface area (Å²) in [7, 11) is -8.49. The molecule has 6 aliphatic rings. The van der Waals surface area contributed by atoms with Crippen LogP contribution < -0.4 is 14.8 Å². The van der Waals surface area contributed by atoms with E-state index in [2.05, 4.69) is 25.3 Å². The van der Waals surface area contributed by atoms with Gasteiger partial charge >= 0.3 is 0 Å². The summed E-state index contributed by atoms with van der Waals surface area (Å²) >= 11 is 0. The Kier molecular flexibility index (Phi) is 13.2. The molecule has 380 valence electrons. The average molecular weight is 1080 g/mol. The highest BCUT2D eigenvalue weighted by molar-refractivity contribution is 8.14. The van der Waals surface area contributed by atoms with Crippen LogP contribution in [0.3, 0.4) is 0 Å². The van der Waals surface area contributed by atoms with E-state index in [-0.39, 0.29) is 56.0 Å². The number of nitrogens with one attached hydrogen (secondary N) is 1. The van der Waals surface area contributed by atoms with Gasteiger partial charge in [-0.3, -0.25) is 9.13 Å². The molecule has 2 saturated carbocycles. The van der Waals surface area contributed by atoms with E-state index in [9.17, 15) is 42.5 Å². The maximum absolute atomic E-state index is 14.8. The molecule has 4 aliphatic heterocycles. The maximum atomic E-state index is 14.8. The van der Waals surface area contributed by atoms with Gasteiger partial charge in [0.05, 0.1) is 42.4 Å². The molecule has 2 aliphatic carbocycles. The number of benzene rings is 2. The zero-order chi connectivity index (χ0) is 50.2. The first kappa shape index (κ1) is 49.7. The van der Waals surface area contributed by atoms with Gasteiger partial charge in [0, 0.05) is 72.6 Å². The van der Waals surface area contributed by atoms with Crippen LogP contribution in [0.4, 0.5) is 8.78 Å². The molecule has 0 amide bonds. The smallest absolute Gasteiger partial charge is 0.235 e. The summed E-state index contributed by atoms with van der Waals surface area (Å²) in [6.07, 6.45) is 18.3. The standard InChI is InChI=1S/C23H25FN4O5S2.C20H21FN4O3S.C3H5ClO2S/c1-34(29,30)18-6-7-21(20(24)12-18)27-9-8-19-22(27)25-13-26-23(19)33-16-10-14-2-3-15(11-16)28(14)35(31,32)17-4-5-17;1-29(26,27)15-4-5-18(17(21)10-15)25-7-6-16-19(25)22-11-23-20(16)28-14-8-12-2-3-13(9-14)24-12;4-7(5,6)3-1-2-3/h6-9,12-17H,2-5,10-11H2,1H3;4-7,10-14,24H,2-3,8-9H2,1H3;3H,1-2H2. The highest BCUT2D eigenvalue weighted by Gasteiger charge is 2.52. The number of hydrogen-bond acceptors (Lipinski definition) is 15. The van der Waals surface area contributed by atoms with Crippen LogP contribution in [-0.2, 0) is 38.7 Å². The minimum Gasteiger partial charge on any atom is -0.474 e. The van der Waals surface area contributed by atoms with Gasteiger partial charge in [0.25, 0.3) is 0 Å². The SMILES string of the molecule is CS(=O)(=O)c1ccc(-n2ccc3c(OC4CC5CCC(C4)N5)ncnc32)c(F)c1.CS(=O)(=O)c1ccc(-n2ccc3c(OC4CC5CCC(C4)N5S(=O)(=O)C4CC4)ncnc32)c(F)c1.O=S(=O)(Cl)C1CC1. The fourth-order valence-corrected chi connectivity index (χ4v) is 15.0. The Morgan fingerprint density at radius 1 is 0.577 bits per heavy atom. The number of fused-ring (bicyclic) bond motifs is 6. The van der Waals surface area contributed by atoms with E-state index in [0.717, 1.165) is 76.0 Å². The van der Waals surface area contributed by atoms with Crippen molar-refractivity contribution in [2.75, 3.05) is 12.5 Å². The van der Waals surface area contributed by atoms with Crippen molar-refractivity contribution in [2.24, 2.45) is 0 Å². The fourth-order valence-electron chi connectivity index (χ4n) is 10.2. The van der Waals surface area contributed by atoms with E-state index in [1.807, 2.05) is 0 Å². The lowest BCUT2D eigenvalue weighted by Crippen LogP contribution is -2.50. The Balaban J connectivity index is 0.000000146. The largest absolute Gasteiger partial charge is 0.474 e. The van der Waals surface area contributed by atoms with Gasteiger partial charge in [0.2, 0.25) is 30.8 Å². The normalized spacial score (nSPS) is 24.5. The van der Waals surface area contributed by atoms with Crippen LogP contribution in [0.5, 0.6) is 11.8 Å². The zero-order valence-corrected chi connectivity index (χ0v) is 42.5. The molecule has 4 saturated heterocycles. The molecule has 12 rings (SSSR count). The van der Waals surface area contributed by atoms with Crippen molar-refractivity contribution in [2.45, 2.75) is 134 Å². The van der Waals surface area contributed by atoms with E-state index >= 15 is 0 Å². The number of piperidine rings is 2. The van der Waals surface area contributed by atoms with Crippen LogP contribution in [0.2, 0.25) is 0 Å². The average Bonchev–Trinajstić information content (AvgIpc) is 4.22. The van der Waals surface area contributed by atoms with Crippen molar-refractivity contribution in [3.8, 4) is 23.1 Å². The van der Waals surface area contributed by atoms with Crippen molar-refractivity contribution in [1.82, 2.24) is 38.7 Å². The lowest BCUT2D eigenvalue weighted by atomic mass is 10.0. The molecule has 1 N–H and O–H groups in total. The molecule has 0 spiro atoms. The summed E-state index contributed by atoms with van der Waals surface area (Å²) in [5.74, 6) is -0.466. The van der Waals surface area contributed by atoms with E-state index in [1.54, 1.807) is 33.4 Å². The number of rotatable bonds is 11. The topological polar surface area (TPSA) is 232 Å². The quantitative estimate of drug-likeness (QED) is 0.143. The summed E-state index contributed by atoms with van der Waals surface area (Å²) in [6, 6.07) is 12.1. The minimum atomic E-state index is -3.53. The molecular weight excluding hydrogens is 1030 g/mol. The number of hydrogen-bond donors (Lipinski definition) is 1. The zero-order valence-electron chi connectivity index (χ0n) is 38.5. The Morgan fingerprint density at radius 3 is 1.39 bits per heavy atom. The second kappa shape index (κ2) is 18.9. The first-order valence-electron chi connectivity index (χ1n) is 23.3. The molecule has 4 atom stereocenters. The fraction of sp³-hybridized carbons (Fsp3) is 0.478. The molecule has 4 aromatic heterocycles. The molecule has 18 nitrogen and oxygen atoms in total. The van der Waals surface area contributed by atoms with Gasteiger partial charge in [0.1, 0.15) is 36.5 Å². The summed E-state index contributed by atoms with van der Waals surface area (Å²) in [4.78, 5) is 17.0. The molecule has 71 heavy (non-hydrogen) atoms. The van der Waals surface area contributed by atoms with Gasteiger partial charge in [-0.25, -0.2) is 62.4 Å². The molecule has 6 aromatic rings. The van der Waals surface area contributed by atoms with E-state index in [1.165, 1.54) is 54.3 Å². The molecular formula is C46H51ClF2N8O10S4. The highest BCUT2D eigenvalue weighted by Crippen LogP contribution is 2.44. The maximum Gasteiger partial charge on any atom is 0.235 e. The third-order valence-electron chi connectivity index (χ3n) is 13.9. The van der Waals surface area contributed by atoms with Crippen molar-refractivity contribution in [3.05, 3.63) is 85.2 Å². The molecule has 8 heterocycles. The summed E-state index contributed by atoms with van der Waals surface area (Å²) in [6.45, 7) is 0. The first-order chi connectivity index (χ1) is 33.6. The number of halogens is 3. The minimum absolute atomic E-state index is 0.0475. The Morgan fingerprint density at radius 2 is 1.01 bits per heavy atom. The van der Waals surface area contributed by atoms with E-state index < -0.39 is 50.4 Å². The second-order valence-electron chi connectivity index (χ2n) is 19.2. The number of sulfone groups is 2. The van der Waals surface area contributed by atoms with Gasteiger partial charge in [-0.2, -0.15) is 4.31 Å². The first-order valence-corrected chi connectivity index (χ1v) is 31.0. The summed E-state index contributed by atoms with van der Waals surface area (Å²) in [5.41, 5.74) is 1.32. The molecule has 4 bridgehead atoms. The third-order valence-corrected chi connectivity index (χ3v) is 20.6. The Labute approximate surface area is 414 Å². The van der Waals surface area contributed by atoms with Crippen LogP contribution in [0.15, 0.2) is 83.4 Å². The number of sulfonamides is 1. The Hall–Kier alpha value is -4.85. The van der Waals surface area contributed by atoms with Crippen molar-refractivity contribution >= 4 is 71.5 Å². The lowest BCUT2D eigenvalue weighted by Gasteiger charge is -2.37. The lowest BCUT2D eigenvalue weighted by molar-refractivity contribution is 0.0930. The van der Waals surface area contributed by atoms with Crippen LogP contribution in [0.1, 0.15) is 77.0 Å². The van der Waals surface area contributed by atoms with Gasteiger partial charge in [-0.1, -0.05) is 0 Å². The second-order valence-corrected chi connectivity index (χ2v) is 28.2. The third kappa shape index (κ3) is 10.5. The van der Waals surface area contributed by atoms with E-state index in [0.29, 0.717) is 58.8 Å². The molecule has 4 unspecified atom stereocenters. The monoisotopic (exact) mass is 1080 g/mol. The van der Waals surface area contributed by atoms with Gasteiger partial charge in [-0.15, -0.1) is 0 Å². The van der Waals surface area contributed by atoms with E-state index in [4.69, 9.17) is 20.2 Å². The molecule has 0 radical (unpaired) electrons. The Bertz CT molecular complexity index is 3480. The van der Waals surface area contributed by atoms with Crippen LogP contribution in [0, 0.1) is 11.6 Å². The van der Waals surface area contributed by atoms with Crippen molar-refractivity contribution < 1.29 is 51.9 Å². The molecule has 25 heteroatoms. The number of nitrogens with zero attached hydrogens (tertiary/aromatic N) is 7. The van der Waals surface area contributed by atoms with Gasteiger partial charge < -0.3 is 14.8 Å². The van der Waals surface area contributed by atoms with Gasteiger partial charge in [-0.05, 0) is 113 Å². The number of aromatic nitrogens is 6. The molecule has 6 fully saturated rings.